The Morgan fingerprint density at radius 1 is 1.14 bits per heavy atom. The predicted molar refractivity (Wildman–Crippen MR) is 120 cm³/mol. The highest BCUT2D eigenvalue weighted by atomic mass is 79.9. The van der Waals surface area contributed by atoms with Crippen LogP contribution in [-0.4, -0.2) is 22.0 Å². The van der Waals surface area contributed by atoms with Crippen LogP contribution in [0.3, 0.4) is 0 Å². The van der Waals surface area contributed by atoms with Gasteiger partial charge in [-0.3, -0.25) is 4.40 Å². The molecule has 7 heteroatoms. The van der Waals surface area contributed by atoms with E-state index in [1.807, 2.05) is 52.9 Å². The molecule has 0 saturated heterocycles. The molecular weight excluding hydrogens is 475 g/mol. The maximum Gasteiger partial charge on any atom is 0.339 e. The minimum absolute atomic E-state index is 0.299. The number of esters is 1. The molecule has 0 aliphatic carbocycles. The highest BCUT2D eigenvalue weighted by Gasteiger charge is 2.21. The smallest absolute Gasteiger partial charge is 0.339 e. The van der Waals surface area contributed by atoms with Crippen molar-refractivity contribution in [2.24, 2.45) is 0 Å². The van der Waals surface area contributed by atoms with Gasteiger partial charge in [-0.15, -0.1) is 0 Å². The lowest BCUT2D eigenvalue weighted by molar-refractivity contribution is 0.0525. The summed E-state index contributed by atoms with van der Waals surface area (Å²) in [6.07, 6.45) is 1.73. The monoisotopic (exact) mass is 488 g/mol. The van der Waals surface area contributed by atoms with Crippen molar-refractivity contribution in [3.8, 4) is 22.5 Å². The lowest BCUT2D eigenvalue weighted by atomic mass is 10.0. The summed E-state index contributed by atoms with van der Waals surface area (Å²) in [6, 6.07) is 16.7. The molecule has 0 spiro atoms. The van der Waals surface area contributed by atoms with Crippen LogP contribution < -0.4 is 0 Å². The fraction of sp³-hybridized carbons (Fsp3) is 0.0909. The molecule has 0 aliphatic heterocycles. The molecule has 0 amide bonds. The Balaban J connectivity index is 2.06. The summed E-state index contributed by atoms with van der Waals surface area (Å²) in [5, 5.41) is 1.23. The number of hydrogen-bond acceptors (Lipinski definition) is 3. The van der Waals surface area contributed by atoms with E-state index in [0.717, 1.165) is 16.8 Å². The van der Waals surface area contributed by atoms with Crippen LogP contribution >= 0.6 is 39.1 Å². The quantitative estimate of drug-likeness (QED) is 0.292. The molecule has 2 aromatic carbocycles. The summed E-state index contributed by atoms with van der Waals surface area (Å²) in [7, 11) is 0. The summed E-state index contributed by atoms with van der Waals surface area (Å²) in [6.45, 7) is 2.07. The zero-order valence-corrected chi connectivity index (χ0v) is 18.4. The number of benzene rings is 2. The van der Waals surface area contributed by atoms with Crippen LogP contribution in [0, 0.1) is 0 Å². The van der Waals surface area contributed by atoms with Gasteiger partial charge in [0.15, 0.2) is 5.65 Å². The summed E-state index contributed by atoms with van der Waals surface area (Å²) in [4.78, 5) is 17.2. The number of pyridine rings is 1. The standard InChI is InChI=1S/C22H15BrCl2N2O2/c1-2-29-22(28)14-11-17(23)21-26-19(16-5-3-4-6-18(16)25)20(27(21)12-14)13-7-9-15(24)10-8-13/h3-12H,2H2,1H3. The van der Waals surface area contributed by atoms with Crippen LogP contribution in [0.5, 0.6) is 0 Å². The van der Waals surface area contributed by atoms with Crippen LogP contribution in [0.15, 0.2) is 65.3 Å². The zero-order valence-electron chi connectivity index (χ0n) is 15.3. The zero-order chi connectivity index (χ0) is 20.5. The third-order valence-corrected chi connectivity index (χ3v) is 5.60. The number of nitrogens with zero attached hydrogens (tertiary/aromatic N) is 2. The molecule has 0 saturated carbocycles. The van der Waals surface area contributed by atoms with Crippen molar-refractivity contribution in [2.45, 2.75) is 6.92 Å². The first kappa shape index (κ1) is 20.0. The van der Waals surface area contributed by atoms with E-state index >= 15 is 0 Å². The third kappa shape index (κ3) is 3.78. The number of ether oxygens (including phenoxy) is 1. The molecule has 0 radical (unpaired) electrons. The summed E-state index contributed by atoms with van der Waals surface area (Å²) < 4.78 is 7.72. The Hall–Kier alpha value is -2.34. The molecule has 2 aromatic heterocycles. The van der Waals surface area contributed by atoms with Crippen molar-refractivity contribution in [3.63, 3.8) is 0 Å². The summed E-state index contributed by atoms with van der Waals surface area (Å²) in [5.41, 5.74) is 4.29. The minimum Gasteiger partial charge on any atom is -0.462 e. The van der Waals surface area contributed by atoms with Gasteiger partial charge in [0.1, 0.15) is 0 Å². The second-order valence-corrected chi connectivity index (χ2v) is 7.98. The predicted octanol–water partition coefficient (Wildman–Crippen LogP) is 6.91. The second-order valence-electron chi connectivity index (χ2n) is 6.29. The number of hydrogen-bond donors (Lipinski definition) is 0. The second kappa shape index (κ2) is 8.19. The molecule has 0 fully saturated rings. The van der Waals surface area contributed by atoms with Crippen molar-refractivity contribution in [1.82, 2.24) is 9.38 Å². The highest BCUT2D eigenvalue weighted by molar-refractivity contribution is 9.10. The molecule has 0 unspecified atom stereocenters. The lowest BCUT2D eigenvalue weighted by Gasteiger charge is -2.09. The maximum absolute atomic E-state index is 12.3. The number of carbonyl (C=O) groups is 1. The van der Waals surface area contributed by atoms with Gasteiger partial charge in [0.25, 0.3) is 0 Å². The molecule has 29 heavy (non-hydrogen) atoms. The van der Waals surface area contributed by atoms with Gasteiger partial charge in [0.2, 0.25) is 0 Å². The van der Waals surface area contributed by atoms with Gasteiger partial charge in [-0.2, -0.15) is 0 Å². The molecule has 4 nitrogen and oxygen atoms in total. The number of carbonyl (C=O) groups excluding carboxylic acids is 1. The Labute approximate surface area is 186 Å². The van der Waals surface area contributed by atoms with E-state index in [1.54, 1.807) is 19.2 Å². The molecule has 4 aromatic rings. The van der Waals surface area contributed by atoms with Gasteiger partial charge < -0.3 is 4.74 Å². The molecule has 0 N–H and O–H groups in total. The van der Waals surface area contributed by atoms with Crippen molar-refractivity contribution in [3.05, 3.63) is 80.9 Å². The summed E-state index contributed by atoms with van der Waals surface area (Å²) >= 11 is 16.1. The Bertz CT molecular complexity index is 1220. The molecule has 0 atom stereocenters. The first-order valence-electron chi connectivity index (χ1n) is 8.89. The Kier molecular flexibility index (Phi) is 5.63. The third-order valence-electron chi connectivity index (χ3n) is 4.43. The van der Waals surface area contributed by atoms with E-state index in [1.165, 1.54) is 0 Å². The summed E-state index contributed by atoms with van der Waals surface area (Å²) in [5.74, 6) is -0.398. The molecule has 4 rings (SSSR count). The van der Waals surface area contributed by atoms with Crippen molar-refractivity contribution >= 4 is 50.7 Å². The van der Waals surface area contributed by atoms with Gasteiger partial charge in [-0.1, -0.05) is 53.5 Å². The van der Waals surface area contributed by atoms with E-state index < -0.39 is 5.97 Å². The topological polar surface area (TPSA) is 43.6 Å². The van der Waals surface area contributed by atoms with Crippen molar-refractivity contribution < 1.29 is 9.53 Å². The molecule has 2 heterocycles. The van der Waals surface area contributed by atoms with Gasteiger partial charge in [0.05, 0.1) is 33.1 Å². The molecular formula is C22H15BrCl2N2O2. The van der Waals surface area contributed by atoms with Gasteiger partial charge in [-0.25, -0.2) is 9.78 Å². The molecule has 0 bridgehead atoms. The minimum atomic E-state index is -0.398. The van der Waals surface area contributed by atoms with Gasteiger partial charge in [-0.05, 0) is 47.1 Å². The first-order chi connectivity index (χ1) is 14.0. The average Bonchev–Trinajstić information content (AvgIpc) is 3.09. The van der Waals surface area contributed by atoms with Gasteiger partial charge in [0, 0.05) is 22.3 Å². The first-order valence-corrected chi connectivity index (χ1v) is 10.4. The highest BCUT2D eigenvalue weighted by Crippen LogP contribution is 2.38. The SMILES string of the molecule is CCOC(=O)c1cc(Br)c2nc(-c3ccccc3Cl)c(-c3ccc(Cl)cc3)n2c1. The maximum atomic E-state index is 12.3. The largest absolute Gasteiger partial charge is 0.462 e. The van der Waals surface area contributed by atoms with E-state index in [0.29, 0.717) is 38.0 Å². The Morgan fingerprint density at radius 2 is 1.86 bits per heavy atom. The van der Waals surface area contributed by atoms with E-state index in [2.05, 4.69) is 15.9 Å². The number of aromatic nitrogens is 2. The van der Waals surface area contributed by atoms with Crippen molar-refractivity contribution in [1.29, 1.82) is 0 Å². The number of imidazole rings is 1. The van der Waals surface area contributed by atoms with Crippen LogP contribution in [-0.2, 0) is 4.74 Å². The molecule has 0 aliphatic rings. The fourth-order valence-electron chi connectivity index (χ4n) is 3.15. The van der Waals surface area contributed by atoms with E-state index in [-0.39, 0.29) is 0 Å². The van der Waals surface area contributed by atoms with E-state index in [4.69, 9.17) is 32.9 Å². The number of halogens is 3. The van der Waals surface area contributed by atoms with Crippen LogP contribution in [0.25, 0.3) is 28.2 Å². The van der Waals surface area contributed by atoms with Crippen molar-refractivity contribution in [2.75, 3.05) is 6.61 Å². The van der Waals surface area contributed by atoms with Gasteiger partial charge >= 0.3 is 5.97 Å². The number of fused-ring (bicyclic) bond motifs is 1. The average molecular weight is 490 g/mol. The van der Waals surface area contributed by atoms with Crippen LogP contribution in [0.4, 0.5) is 0 Å². The Morgan fingerprint density at radius 3 is 2.55 bits per heavy atom. The number of rotatable bonds is 4. The fourth-order valence-corrected chi connectivity index (χ4v) is 4.03. The normalized spacial score (nSPS) is 11.0. The van der Waals surface area contributed by atoms with Crippen LogP contribution in [0.2, 0.25) is 10.0 Å². The van der Waals surface area contributed by atoms with E-state index in [9.17, 15) is 4.79 Å². The molecule has 146 valence electrons. The van der Waals surface area contributed by atoms with Crippen LogP contribution in [0.1, 0.15) is 17.3 Å². The lowest BCUT2D eigenvalue weighted by Crippen LogP contribution is -2.06.